The standard InChI is InChI=1S/C36H36N2S2/c1-3-5-7-9-25-11-15-27(16-12-25)37-21-31-29-19-20-30-32-22-38(28-17-13-26(14-18-28)10-8-6-4-2)24-34(32)40-36(30)35(29)39-33(31)23-37/h11-24H,3-10H2,1-2H3. The highest BCUT2D eigenvalue weighted by Crippen LogP contribution is 2.45. The van der Waals surface area contributed by atoms with Gasteiger partial charge in [-0.15, -0.1) is 22.7 Å². The van der Waals surface area contributed by atoms with E-state index in [4.69, 9.17) is 0 Å². The third kappa shape index (κ3) is 4.67. The molecule has 0 saturated carbocycles. The van der Waals surface area contributed by atoms with E-state index in [0.29, 0.717) is 0 Å². The van der Waals surface area contributed by atoms with Crippen molar-refractivity contribution in [2.45, 2.75) is 65.2 Å². The number of fused-ring (bicyclic) bond motifs is 7. The fraction of sp³-hybridized carbons (Fsp3) is 0.278. The molecule has 0 unspecified atom stereocenters. The molecular formula is C36H36N2S2. The number of thiophene rings is 2. The molecule has 202 valence electrons. The van der Waals surface area contributed by atoms with Crippen molar-refractivity contribution in [3.63, 3.8) is 0 Å². The summed E-state index contributed by atoms with van der Waals surface area (Å²) in [5, 5.41) is 5.46. The Morgan fingerprint density at radius 1 is 0.475 bits per heavy atom. The van der Waals surface area contributed by atoms with Crippen molar-refractivity contribution >= 4 is 63.0 Å². The average molecular weight is 561 g/mol. The molecule has 0 saturated heterocycles. The summed E-state index contributed by atoms with van der Waals surface area (Å²) in [6, 6.07) is 23.0. The summed E-state index contributed by atoms with van der Waals surface area (Å²) in [5.41, 5.74) is 5.36. The van der Waals surface area contributed by atoms with Gasteiger partial charge in [0.15, 0.2) is 0 Å². The maximum absolute atomic E-state index is 2.34. The summed E-state index contributed by atoms with van der Waals surface area (Å²) < 4.78 is 10.1. The van der Waals surface area contributed by atoms with Crippen LogP contribution in [-0.2, 0) is 12.8 Å². The van der Waals surface area contributed by atoms with E-state index in [2.05, 4.69) is 108 Å². The van der Waals surface area contributed by atoms with E-state index < -0.39 is 0 Å². The number of aromatic nitrogens is 2. The SMILES string of the molecule is CCCCCc1ccc(-n2cc3sc4c(ccc5c6cn(-c7ccc(CCCCC)cc7)cc6sc54)c3c2)cc1. The fourth-order valence-electron chi connectivity index (χ4n) is 5.97. The predicted octanol–water partition coefficient (Wildman–Crippen LogP) is 11.5. The molecule has 0 amide bonds. The molecule has 0 radical (unpaired) electrons. The van der Waals surface area contributed by atoms with Crippen LogP contribution in [0.1, 0.15) is 63.5 Å². The predicted molar refractivity (Wildman–Crippen MR) is 177 cm³/mol. The Labute approximate surface area is 244 Å². The second-order valence-corrected chi connectivity index (χ2v) is 13.3. The van der Waals surface area contributed by atoms with Gasteiger partial charge in [-0.2, -0.15) is 0 Å². The molecule has 0 atom stereocenters. The highest BCUT2D eigenvalue weighted by molar-refractivity contribution is 7.33. The molecule has 0 N–H and O–H groups in total. The van der Waals surface area contributed by atoms with Crippen LogP contribution >= 0.6 is 22.7 Å². The highest BCUT2D eigenvalue weighted by atomic mass is 32.1. The maximum atomic E-state index is 2.34. The van der Waals surface area contributed by atoms with E-state index in [9.17, 15) is 0 Å². The largest absolute Gasteiger partial charge is 0.322 e. The minimum absolute atomic E-state index is 1.18. The van der Waals surface area contributed by atoms with E-state index in [-0.39, 0.29) is 0 Å². The first-order valence-corrected chi connectivity index (χ1v) is 16.5. The topological polar surface area (TPSA) is 9.86 Å². The van der Waals surface area contributed by atoms with Crippen LogP contribution in [0.15, 0.2) is 85.5 Å². The zero-order chi connectivity index (χ0) is 27.1. The zero-order valence-electron chi connectivity index (χ0n) is 23.5. The molecule has 40 heavy (non-hydrogen) atoms. The minimum atomic E-state index is 1.18. The van der Waals surface area contributed by atoms with Crippen molar-refractivity contribution < 1.29 is 0 Å². The van der Waals surface area contributed by atoms with Gasteiger partial charge in [-0.3, -0.25) is 0 Å². The number of hydrogen-bond donors (Lipinski definition) is 0. The Bertz CT molecular complexity index is 1770. The Hall–Kier alpha value is -3.34. The van der Waals surface area contributed by atoms with Gasteiger partial charge >= 0.3 is 0 Å². The van der Waals surface area contributed by atoms with E-state index >= 15 is 0 Å². The van der Waals surface area contributed by atoms with Gasteiger partial charge in [0.25, 0.3) is 0 Å². The highest BCUT2D eigenvalue weighted by Gasteiger charge is 2.16. The number of benzene rings is 3. The molecule has 3 aromatic carbocycles. The summed E-state index contributed by atoms with van der Waals surface area (Å²) in [7, 11) is 0. The van der Waals surface area contributed by atoms with E-state index in [1.165, 1.54) is 114 Å². The lowest BCUT2D eigenvalue weighted by atomic mass is 10.1. The molecule has 0 spiro atoms. The van der Waals surface area contributed by atoms with Crippen LogP contribution in [-0.4, -0.2) is 9.13 Å². The maximum Gasteiger partial charge on any atom is 0.0536 e. The summed E-state index contributed by atoms with van der Waals surface area (Å²) >= 11 is 3.87. The fourth-order valence-corrected chi connectivity index (χ4v) is 8.52. The van der Waals surface area contributed by atoms with Crippen LogP contribution in [0.2, 0.25) is 0 Å². The lowest BCUT2D eigenvalue weighted by Crippen LogP contribution is -1.91. The Morgan fingerprint density at radius 2 is 0.900 bits per heavy atom. The average Bonchev–Trinajstić information content (AvgIpc) is 3.73. The van der Waals surface area contributed by atoms with Crippen LogP contribution in [0.4, 0.5) is 0 Å². The van der Waals surface area contributed by atoms with Crippen LogP contribution in [0.5, 0.6) is 0 Å². The van der Waals surface area contributed by atoms with Crippen molar-refractivity contribution in [1.82, 2.24) is 9.13 Å². The lowest BCUT2D eigenvalue weighted by molar-refractivity contribution is 0.717. The smallest absolute Gasteiger partial charge is 0.0536 e. The van der Waals surface area contributed by atoms with Crippen molar-refractivity contribution in [1.29, 1.82) is 0 Å². The van der Waals surface area contributed by atoms with Gasteiger partial charge in [0, 0.05) is 57.7 Å². The molecule has 2 nitrogen and oxygen atoms in total. The van der Waals surface area contributed by atoms with Crippen LogP contribution in [0, 0.1) is 0 Å². The molecule has 4 aromatic heterocycles. The van der Waals surface area contributed by atoms with Crippen molar-refractivity contribution in [2.24, 2.45) is 0 Å². The first-order chi connectivity index (χ1) is 19.7. The van der Waals surface area contributed by atoms with Gasteiger partial charge in [0.1, 0.15) is 0 Å². The molecule has 4 heteroatoms. The van der Waals surface area contributed by atoms with Gasteiger partial charge in [-0.1, -0.05) is 75.9 Å². The molecule has 4 heterocycles. The number of hydrogen-bond acceptors (Lipinski definition) is 2. The third-order valence-corrected chi connectivity index (χ3v) is 10.8. The van der Waals surface area contributed by atoms with Crippen molar-refractivity contribution in [3.05, 3.63) is 96.6 Å². The Kier molecular flexibility index (Phi) is 6.99. The van der Waals surface area contributed by atoms with Crippen molar-refractivity contribution in [3.8, 4) is 11.4 Å². The summed E-state index contributed by atoms with van der Waals surface area (Å²) in [6.45, 7) is 4.53. The van der Waals surface area contributed by atoms with E-state index in [0.717, 1.165) is 0 Å². The first kappa shape index (κ1) is 25.6. The zero-order valence-corrected chi connectivity index (χ0v) is 25.1. The summed E-state index contributed by atoms with van der Waals surface area (Å²) in [5.74, 6) is 0. The first-order valence-electron chi connectivity index (χ1n) is 14.9. The normalized spacial score (nSPS) is 12.1. The Morgan fingerprint density at radius 3 is 1.30 bits per heavy atom. The molecule has 0 aliphatic rings. The van der Waals surface area contributed by atoms with Crippen LogP contribution in [0.3, 0.4) is 0 Å². The molecule has 7 aromatic rings. The summed E-state index contributed by atoms with van der Waals surface area (Å²) in [6.07, 6.45) is 19.3. The molecular weight excluding hydrogens is 525 g/mol. The second kappa shape index (κ2) is 10.9. The van der Waals surface area contributed by atoms with E-state index in [1.807, 2.05) is 22.7 Å². The quantitative estimate of drug-likeness (QED) is 0.147. The van der Waals surface area contributed by atoms with Crippen LogP contribution in [0.25, 0.3) is 51.7 Å². The van der Waals surface area contributed by atoms with Gasteiger partial charge in [0.2, 0.25) is 0 Å². The van der Waals surface area contributed by atoms with Gasteiger partial charge in [0.05, 0.1) is 18.8 Å². The van der Waals surface area contributed by atoms with Crippen molar-refractivity contribution in [2.75, 3.05) is 0 Å². The number of aryl methyl sites for hydroxylation is 2. The minimum Gasteiger partial charge on any atom is -0.322 e. The molecule has 7 rings (SSSR count). The van der Waals surface area contributed by atoms with Gasteiger partial charge in [-0.25, -0.2) is 0 Å². The van der Waals surface area contributed by atoms with E-state index in [1.54, 1.807) is 0 Å². The molecule has 0 aliphatic heterocycles. The molecule has 0 fully saturated rings. The van der Waals surface area contributed by atoms with Gasteiger partial charge in [-0.05, 0) is 61.1 Å². The van der Waals surface area contributed by atoms with Crippen LogP contribution < -0.4 is 0 Å². The molecule has 0 aliphatic carbocycles. The second-order valence-electron chi connectivity index (χ2n) is 11.2. The number of rotatable bonds is 10. The Balaban J connectivity index is 1.17. The van der Waals surface area contributed by atoms with Gasteiger partial charge < -0.3 is 9.13 Å². The lowest BCUT2D eigenvalue weighted by Gasteiger charge is -2.05. The number of nitrogens with zero attached hydrogens (tertiary/aromatic N) is 2. The summed E-state index contributed by atoms with van der Waals surface area (Å²) in [4.78, 5) is 0. The third-order valence-electron chi connectivity index (χ3n) is 8.30. The molecule has 0 bridgehead atoms. The monoisotopic (exact) mass is 560 g/mol. The number of unbranched alkanes of at least 4 members (excludes halogenated alkanes) is 4.